The molecule has 0 spiro atoms. The molecule has 134 valence electrons. The van der Waals surface area contributed by atoms with Crippen LogP contribution in [0, 0.1) is 6.92 Å². The minimum atomic E-state index is -0.758. The maximum atomic E-state index is 12.8. The van der Waals surface area contributed by atoms with Gasteiger partial charge in [-0.3, -0.25) is 9.59 Å². The highest BCUT2D eigenvalue weighted by Gasteiger charge is 2.41. The molecule has 6 heteroatoms. The Bertz CT molecular complexity index is 577. The van der Waals surface area contributed by atoms with Crippen LogP contribution >= 0.6 is 11.3 Å². The second-order valence-corrected chi connectivity index (χ2v) is 7.67. The van der Waals surface area contributed by atoms with Gasteiger partial charge in [0, 0.05) is 6.54 Å². The van der Waals surface area contributed by atoms with Crippen molar-refractivity contribution in [2.75, 3.05) is 6.54 Å². The van der Waals surface area contributed by atoms with Crippen molar-refractivity contribution in [2.45, 2.75) is 77.7 Å². The monoisotopic (exact) mass is 351 g/mol. The molecule has 2 amide bonds. The molecule has 0 atom stereocenters. The van der Waals surface area contributed by atoms with Gasteiger partial charge in [0.2, 0.25) is 5.91 Å². The van der Waals surface area contributed by atoms with E-state index in [1.54, 1.807) is 0 Å². The number of amides is 2. The van der Waals surface area contributed by atoms with Crippen LogP contribution in [-0.2, 0) is 11.2 Å². The van der Waals surface area contributed by atoms with E-state index in [0.717, 1.165) is 62.1 Å². The minimum absolute atomic E-state index is 0.0260. The van der Waals surface area contributed by atoms with Gasteiger partial charge in [0.1, 0.15) is 10.4 Å². The maximum Gasteiger partial charge on any atom is 0.264 e. The summed E-state index contributed by atoms with van der Waals surface area (Å²) in [5, 5.41) is 7.05. The number of hydrogen-bond donors (Lipinski definition) is 2. The van der Waals surface area contributed by atoms with E-state index in [-0.39, 0.29) is 11.8 Å². The Morgan fingerprint density at radius 1 is 1.21 bits per heavy atom. The summed E-state index contributed by atoms with van der Waals surface area (Å²) in [6.45, 7) is 6.66. The molecule has 1 aliphatic carbocycles. The Hall–Kier alpha value is -1.43. The fourth-order valence-corrected chi connectivity index (χ4v) is 4.10. The molecule has 0 unspecified atom stereocenters. The number of carbonyl (C=O) groups excluding carboxylic acids is 2. The van der Waals surface area contributed by atoms with Gasteiger partial charge in [0.05, 0.1) is 10.7 Å². The standard InChI is InChI=1S/C18H29N3O2S/c1-4-6-12-19-17(23)18(10-8-7-9-11-18)21-16(22)15-13(3)20-14(5-2)24-15/h4-12H2,1-3H3,(H,19,23)(H,21,22). The van der Waals surface area contributed by atoms with Gasteiger partial charge < -0.3 is 10.6 Å². The second-order valence-electron chi connectivity index (χ2n) is 6.58. The number of thiazole rings is 1. The van der Waals surface area contributed by atoms with E-state index in [1.165, 1.54) is 11.3 Å². The van der Waals surface area contributed by atoms with Crippen LogP contribution in [0.15, 0.2) is 0 Å². The number of unbranched alkanes of at least 4 members (excludes halogenated alkanes) is 1. The lowest BCUT2D eigenvalue weighted by Crippen LogP contribution is -2.59. The molecule has 24 heavy (non-hydrogen) atoms. The van der Waals surface area contributed by atoms with Gasteiger partial charge in [0.15, 0.2) is 0 Å². The molecular formula is C18H29N3O2S. The summed E-state index contributed by atoms with van der Waals surface area (Å²) in [7, 11) is 0. The number of rotatable bonds is 7. The third kappa shape index (κ3) is 4.35. The topological polar surface area (TPSA) is 71.1 Å². The van der Waals surface area contributed by atoms with Crippen LogP contribution in [-0.4, -0.2) is 28.9 Å². The zero-order valence-electron chi connectivity index (χ0n) is 15.0. The van der Waals surface area contributed by atoms with Crippen molar-refractivity contribution in [3.05, 3.63) is 15.6 Å². The van der Waals surface area contributed by atoms with Gasteiger partial charge in [-0.15, -0.1) is 11.3 Å². The van der Waals surface area contributed by atoms with Crippen molar-refractivity contribution in [3.8, 4) is 0 Å². The molecule has 1 heterocycles. The van der Waals surface area contributed by atoms with Crippen LogP contribution in [0.3, 0.4) is 0 Å². The van der Waals surface area contributed by atoms with Crippen molar-refractivity contribution >= 4 is 23.2 Å². The van der Waals surface area contributed by atoms with E-state index in [4.69, 9.17) is 0 Å². The molecule has 0 saturated heterocycles. The quantitative estimate of drug-likeness (QED) is 0.740. The van der Waals surface area contributed by atoms with Gasteiger partial charge in [-0.05, 0) is 32.6 Å². The predicted molar refractivity (Wildman–Crippen MR) is 97.4 cm³/mol. The second kappa shape index (κ2) is 8.60. The van der Waals surface area contributed by atoms with Gasteiger partial charge in [-0.1, -0.05) is 39.5 Å². The summed E-state index contributed by atoms with van der Waals surface area (Å²) in [4.78, 5) is 30.6. The number of hydrogen-bond acceptors (Lipinski definition) is 4. The van der Waals surface area contributed by atoms with E-state index in [0.29, 0.717) is 11.4 Å². The number of carbonyl (C=O) groups is 2. The SMILES string of the molecule is CCCCNC(=O)C1(NC(=O)c2sc(CC)nc2C)CCCCC1. The van der Waals surface area contributed by atoms with E-state index < -0.39 is 5.54 Å². The first-order chi connectivity index (χ1) is 11.5. The van der Waals surface area contributed by atoms with Crippen LogP contribution in [0.1, 0.15) is 79.2 Å². The summed E-state index contributed by atoms with van der Waals surface area (Å²) < 4.78 is 0. The number of nitrogens with one attached hydrogen (secondary N) is 2. The molecule has 0 aliphatic heterocycles. The summed E-state index contributed by atoms with van der Waals surface area (Å²) in [6.07, 6.45) is 7.33. The third-order valence-corrected chi connectivity index (χ3v) is 5.96. The Labute approximate surface area is 148 Å². The van der Waals surface area contributed by atoms with E-state index in [2.05, 4.69) is 22.5 Å². The molecule has 2 N–H and O–H groups in total. The van der Waals surface area contributed by atoms with Gasteiger partial charge >= 0.3 is 0 Å². The van der Waals surface area contributed by atoms with Crippen molar-refractivity contribution < 1.29 is 9.59 Å². The van der Waals surface area contributed by atoms with Crippen molar-refractivity contribution in [1.29, 1.82) is 0 Å². The molecule has 0 aromatic carbocycles. The lowest BCUT2D eigenvalue weighted by molar-refractivity contribution is -0.128. The molecule has 2 rings (SSSR count). The first-order valence-electron chi connectivity index (χ1n) is 9.09. The largest absolute Gasteiger partial charge is 0.354 e. The zero-order chi connectivity index (χ0) is 17.6. The lowest BCUT2D eigenvalue weighted by atomic mass is 9.80. The Morgan fingerprint density at radius 2 is 1.92 bits per heavy atom. The molecular weight excluding hydrogens is 322 g/mol. The first kappa shape index (κ1) is 18.9. The highest BCUT2D eigenvalue weighted by Crippen LogP contribution is 2.30. The van der Waals surface area contributed by atoms with Crippen molar-refractivity contribution in [2.24, 2.45) is 0 Å². The smallest absolute Gasteiger partial charge is 0.264 e. The highest BCUT2D eigenvalue weighted by molar-refractivity contribution is 7.13. The van der Waals surface area contributed by atoms with E-state index >= 15 is 0 Å². The normalized spacial score (nSPS) is 16.6. The minimum Gasteiger partial charge on any atom is -0.354 e. The van der Waals surface area contributed by atoms with Crippen LogP contribution in [0.4, 0.5) is 0 Å². The van der Waals surface area contributed by atoms with Crippen molar-refractivity contribution in [3.63, 3.8) is 0 Å². The fourth-order valence-electron chi connectivity index (χ4n) is 3.20. The molecule has 5 nitrogen and oxygen atoms in total. The molecule has 1 aromatic heterocycles. The number of aryl methyl sites for hydroxylation is 2. The molecule has 1 fully saturated rings. The van der Waals surface area contributed by atoms with E-state index in [9.17, 15) is 9.59 Å². The Morgan fingerprint density at radius 3 is 2.50 bits per heavy atom. The summed E-state index contributed by atoms with van der Waals surface area (Å²) in [6, 6.07) is 0. The summed E-state index contributed by atoms with van der Waals surface area (Å²) >= 11 is 1.43. The summed E-state index contributed by atoms with van der Waals surface area (Å²) in [5.74, 6) is -0.181. The fraction of sp³-hybridized carbons (Fsp3) is 0.722. The molecule has 1 saturated carbocycles. The third-order valence-electron chi connectivity index (χ3n) is 4.66. The molecule has 0 bridgehead atoms. The highest BCUT2D eigenvalue weighted by atomic mass is 32.1. The Balaban J connectivity index is 2.14. The lowest BCUT2D eigenvalue weighted by Gasteiger charge is -2.36. The molecule has 1 aromatic rings. The van der Waals surface area contributed by atoms with Gasteiger partial charge in [-0.2, -0.15) is 0 Å². The average Bonchev–Trinajstić information content (AvgIpc) is 2.97. The Kier molecular flexibility index (Phi) is 6.78. The summed E-state index contributed by atoms with van der Waals surface area (Å²) in [5.41, 5.74) is -0.00185. The predicted octanol–water partition coefficient (Wildman–Crippen LogP) is 3.36. The maximum absolute atomic E-state index is 12.8. The van der Waals surface area contributed by atoms with Crippen LogP contribution in [0.25, 0.3) is 0 Å². The van der Waals surface area contributed by atoms with Crippen molar-refractivity contribution in [1.82, 2.24) is 15.6 Å². The van der Waals surface area contributed by atoms with E-state index in [1.807, 2.05) is 13.8 Å². The van der Waals surface area contributed by atoms with Crippen LogP contribution in [0.2, 0.25) is 0 Å². The number of aromatic nitrogens is 1. The molecule has 0 radical (unpaired) electrons. The number of nitrogens with zero attached hydrogens (tertiary/aromatic N) is 1. The van der Waals surface area contributed by atoms with Gasteiger partial charge in [-0.25, -0.2) is 4.98 Å². The molecule has 1 aliphatic rings. The first-order valence-corrected chi connectivity index (χ1v) is 9.91. The van der Waals surface area contributed by atoms with Crippen LogP contribution < -0.4 is 10.6 Å². The van der Waals surface area contributed by atoms with Gasteiger partial charge in [0.25, 0.3) is 5.91 Å². The average molecular weight is 352 g/mol. The zero-order valence-corrected chi connectivity index (χ0v) is 15.9. The van der Waals surface area contributed by atoms with Crippen LogP contribution in [0.5, 0.6) is 0 Å².